The van der Waals surface area contributed by atoms with Crippen molar-refractivity contribution in [3.05, 3.63) is 35.1 Å². The first-order valence-corrected chi connectivity index (χ1v) is 7.75. The summed E-state index contributed by atoms with van der Waals surface area (Å²) in [6.45, 7) is 3.71. The summed E-state index contributed by atoms with van der Waals surface area (Å²) < 4.78 is 0. The molecular formula is C15H19N3O2S. The molecule has 2 heterocycles. The Morgan fingerprint density at radius 1 is 1.48 bits per heavy atom. The number of carboxylic acids is 1. The monoisotopic (exact) mass is 305 g/mol. The maximum Gasteiger partial charge on any atom is 0.355 e. The molecule has 0 saturated heterocycles. The molecule has 0 unspecified atom stereocenters. The van der Waals surface area contributed by atoms with Gasteiger partial charge in [0.25, 0.3) is 0 Å². The van der Waals surface area contributed by atoms with Crippen LogP contribution in [0, 0.1) is 0 Å². The second-order valence-electron chi connectivity index (χ2n) is 4.93. The van der Waals surface area contributed by atoms with Crippen LogP contribution in [0.4, 0.5) is 0 Å². The fraction of sp³-hybridized carbons (Fsp3) is 0.400. The lowest BCUT2D eigenvalue weighted by Gasteiger charge is -2.14. The molecule has 2 aromatic heterocycles. The number of rotatable bonds is 7. The Hall–Kier alpha value is -1.79. The fourth-order valence-electron chi connectivity index (χ4n) is 1.99. The smallest absolute Gasteiger partial charge is 0.355 e. The van der Waals surface area contributed by atoms with Crippen molar-refractivity contribution >= 4 is 17.3 Å². The highest BCUT2D eigenvalue weighted by Crippen LogP contribution is 2.28. The van der Waals surface area contributed by atoms with Crippen molar-refractivity contribution in [3.63, 3.8) is 0 Å². The van der Waals surface area contributed by atoms with Crippen LogP contribution in [0.15, 0.2) is 24.5 Å². The quantitative estimate of drug-likeness (QED) is 0.851. The van der Waals surface area contributed by atoms with Crippen molar-refractivity contribution in [2.24, 2.45) is 0 Å². The normalized spacial score (nSPS) is 11.0. The van der Waals surface area contributed by atoms with E-state index in [1.165, 1.54) is 11.3 Å². The zero-order valence-corrected chi connectivity index (χ0v) is 13.1. The Bertz CT molecular complexity index is 598. The lowest BCUT2D eigenvalue weighted by atomic mass is 10.3. The van der Waals surface area contributed by atoms with Gasteiger partial charge >= 0.3 is 5.97 Å². The van der Waals surface area contributed by atoms with E-state index in [-0.39, 0.29) is 5.69 Å². The first-order chi connectivity index (χ1) is 10.1. The Kier molecular flexibility index (Phi) is 5.41. The van der Waals surface area contributed by atoms with Crippen molar-refractivity contribution in [3.8, 4) is 10.6 Å². The molecule has 0 aromatic carbocycles. The number of pyridine rings is 1. The van der Waals surface area contributed by atoms with Crippen molar-refractivity contribution in [1.82, 2.24) is 14.9 Å². The predicted octanol–water partition coefficient (Wildman–Crippen LogP) is 3.14. The third-order valence-electron chi connectivity index (χ3n) is 3.12. The summed E-state index contributed by atoms with van der Waals surface area (Å²) in [5.41, 5.74) is 1.01. The number of hydrogen-bond donors (Lipinski definition) is 1. The summed E-state index contributed by atoms with van der Waals surface area (Å²) in [5, 5.41) is 10.0. The van der Waals surface area contributed by atoms with E-state index in [0.29, 0.717) is 11.6 Å². The Balaban J connectivity index is 2.24. The third-order valence-corrected chi connectivity index (χ3v) is 4.20. The van der Waals surface area contributed by atoms with Crippen LogP contribution in [-0.2, 0) is 6.54 Å². The molecule has 5 nitrogen and oxygen atoms in total. The van der Waals surface area contributed by atoms with Crippen molar-refractivity contribution in [2.75, 3.05) is 13.6 Å². The van der Waals surface area contributed by atoms with Crippen LogP contribution in [-0.4, -0.2) is 39.5 Å². The van der Waals surface area contributed by atoms with Crippen LogP contribution < -0.4 is 0 Å². The number of nitrogens with zero attached hydrogens (tertiary/aromatic N) is 3. The number of thiazole rings is 1. The van der Waals surface area contributed by atoms with Gasteiger partial charge < -0.3 is 10.0 Å². The Labute approximate surface area is 128 Å². The van der Waals surface area contributed by atoms with E-state index < -0.39 is 5.97 Å². The van der Waals surface area contributed by atoms with E-state index in [0.717, 1.165) is 29.8 Å². The molecule has 0 atom stereocenters. The molecule has 0 amide bonds. The zero-order valence-electron chi connectivity index (χ0n) is 12.2. The second-order valence-corrected chi connectivity index (χ2v) is 6.01. The number of aromatic nitrogens is 2. The molecule has 0 aliphatic carbocycles. The molecular weight excluding hydrogens is 286 g/mol. The molecule has 0 bridgehead atoms. The van der Waals surface area contributed by atoms with Crippen molar-refractivity contribution in [2.45, 2.75) is 26.3 Å². The molecule has 0 aliphatic rings. The molecule has 0 fully saturated rings. The van der Waals surface area contributed by atoms with Crippen molar-refractivity contribution < 1.29 is 9.90 Å². The Morgan fingerprint density at radius 2 is 2.29 bits per heavy atom. The summed E-state index contributed by atoms with van der Waals surface area (Å²) in [6.07, 6.45) is 5.62. The van der Waals surface area contributed by atoms with E-state index in [2.05, 4.69) is 21.8 Å². The Morgan fingerprint density at radius 3 is 2.90 bits per heavy atom. The van der Waals surface area contributed by atoms with E-state index in [1.54, 1.807) is 12.4 Å². The van der Waals surface area contributed by atoms with Crippen LogP contribution >= 0.6 is 11.3 Å². The van der Waals surface area contributed by atoms with Gasteiger partial charge in [-0.1, -0.05) is 13.3 Å². The zero-order chi connectivity index (χ0) is 15.2. The number of unbranched alkanes of at least 4 members (excludes halogenated alkanes) is 1. The minimum Gasteiger partial charge on any atom is -0.476 e. The van der Waals surface area contributed by atoms with E-state index in [9.17, 15) is 9.90 Å². The van der Waals surface area contributed by atoms with Gasteiger partial charge in [-0.3, -0.25) is 4.98 Å². The molecule has 2 rings (SSSR count). The molecule has 2 aromatic rings. The highest BCUT2D eigenvalue weighted by molar-refractivity contribution is 7.15. The molecule has 1 N–H and O–H groups in total. The van der Waals surface area contributed by atoms with Gasteiger partial charge in [0.05, 0.1) is 4.88 Å². The predicted molar refractivity (Wildman–Crippen MR) is 83.5 cm³/mol. The molecule has 21 heavy (non-hydrogen) atoms. The van der Waals surface area contributed by atoms with Crippen LogP contribution in [0.3, 0.4) is 0 Å². The number of aromatic carboxylic acids is 1. The fourth-order valence-corrected chi connectivity index (χ4v) is 3.11. The third kappa shape index (κ3) is 4.09. The number of carboxylic acid groups (broad SMARTS) is 1. The summed E-state index contributed by atoms with van der Waals surface area (Å²) in [5.74, 6) is -0.972. The van der Waals surface area contributed by atoms with Crippen molar-refractivity contribution in [1.29, 1.82) is 0 Å². The molecule has 0 radical (unpaired) electrons. The SMILES string of the molecule is CCCCN(C)Cc1sc(-c2cccnc2)nc1C(=O)O. The maximum atomic E-state index is 11.4. The van der Waals surface area contributed by atoms with Gasteiger partial charge in [0.2, 0.25) is 0 Å². The van der Waals surface area contributed by atoms with Gasteiger partial charge in [-0.2, -0.15) is 0 Å². The highest BCUT2D eigenvalue weighted by Gasteiger charge is 2.19. The molecule has 0 saturated carbocycles. The first-order valence-electron chi connectivity index (χ1n) is 6.93. The summed E-state index contributed by atoms with van der Waals surface area (Å²) in [7, 11) is 2.00. The van der Waals surface area contributed by atoms with Crippen LogP contribution in [0.1, 0.15) is 35.1 Å². The van der Waals surface area contributed by atoms with E-state index >= 15 is 0 Å². The van der Waals surface area contributed by atoms with Gasteiger partial charge in [0.1, 0.15) is 5.01 Å². The molecule has 0 spiro atoms. The number of carbonyl (C=O) groups is 1. The topological polar surface area (TPSA) is 66.3 Å². The largest absolute Gasteiger partial charge is 0.476 e. The van der Waals surface area contributed by atoms with Crippen LogP contribution in [0.2, 0.25) is 0 Å². The lowest BCUT2D eigenvalue weighted by Crippen LogP contribution is -2.19. The first kappa shape index (κ1) is 15.6. The van der Waals surface area contributed by atoms with Gasteiger partial charge in [0.15, 0.2) is 5.69 Å². The second kappa shape index (κ2) is 7.28. The summed E-state index contributed by atoms with van der Waals surface area (Å²) in [6, 6.07) is 3.71. The average molecular weight is 305 g/mol. The number of hydrogen-bond acceptors (Lipinski definition) is 5. The summed E-state index contributed by atoms with van der Waals surface area (Å²) >= 11 is 1.43. The van der Waals surface area contributed by atoms with Crippen LogP contribution in [0.5, 0.6) is 0 Å². The van der Waals surface area contributed by atoms with Gasteiger partial charge in [-0.05, 0) is 32.1 Å². The minimum absolute atomic E-state index is 0.155. The summed E-state index contributed by atoms with van der Waals surface area (Å²) in [4.78, 5) is 22.6. The van der Waals surface area contributed by atoms with Crippen LogP contribution in [0.25, 0.3) is 10.6 Å². The molecule has 112 valence electrons. The van der Waals surface area contributed by atoms with Gasteiger partial charge in [-0.15, -0.1) is 11.3 Å². The lowest BCUT2D eigenvalue weighted by molar-refractivity contribution is 0.0689. The average Bonchev–Trinajstić information content (AvgIpc) is 2.90. The molecule has 0 aliphatic heterocycles. The molecule has 6 heteroatoms. The van der Waals surface area contributed by atoms with Gasteiger partial charge in [0, 0.05) is 24.5 Å². The maximum absolute atomic E-state index is 11.4. The van der Waals surface area contributed by atoms with Gasteiger partial charge in [-0.25, -0.2) is 9.78 Å². The minimum atomic E-state index is -0.972. The van der Waals surface area contributed by atoms with E-state index in [1.807, 2.05) is 19.2 Å². The highest BCUT2D eigenvalue weighted by atomic mass is 32.1. The standard InChI is InChI=1S/C15H19N3O2S/c1-3-4-8-18(2)10-12-13(15(19)20)17-14(21-12)11-6-5-7-16-9-11/h5-7,9H,3-4,8,10H2,1-2H3,(H,19,20). The van der Waals surface area contributed by atoms with E-state index in [4.69, 9.17) is 0 Å².